The molecule has 0 radical (unpaired) electrons. The zero-order chi connectivity index (χ0) is 17.1. The van der Waals surface area contributed by atoms with Gasteiger partial charge in [0, 0.05) is 39.1 Å². The highest BCUT2D eigenvalue weighted by Gasteiger charge is 2.34. The van der Waals surface area contributed by atoms with E-state index in [-0.39, 0.29) is 24.3 Å². The molecule has 3 rings (SSSR count). The second-order valence-corrected chi connectivity index (χ2v) is 6.24. The van der Waals surface area contributed by atoms with Gasteiger partial charge in [0.25, 0.3) is 11.8 Å². The summed E-state index contributed by atoms with van der Waals surface area (Å²) in [6.45, 7) is 3.73. The summed E-state index contributed by atoms with van der Waals surface area (Å²) in [6.07, 6.45) is 0.755. The van der Waals surface area contributed by atoms with Gasteiger partial charge in [-0.25, -0.2) is 5.01 Å². The number of fused-ring (bicyclic) bond motifs is 1. The lowest BCUT2D eigenvalue weighted by Gasteiger charge is -2.32. The van der Waals surface area contributed by atoms with E-state index in [9.17, 15) is 14.4 Å². The number of rotatable bonds is 5. The van der Waals surface area contributed by atoms with Crippen LogP contribution >= 0.6 is 0 Å². The van der Waals surface area contributed by atoms with Crippen LogP contribution in [0.4, 0.5) is 0 Å². The molecule has 128 valence electrons. The quantitative estimate of drug-likeness (QED) is 0.788. The maximum absolute atomic E-state index is 12.2. The van der Waals surface area contributed by atoms with Gasteiger partial charge in [0.05, 0.1) is 11.1 Å². The van der Waals surface area contributed by atoms with E-state index in [0.29, 0.717) is 24.0 Å². The van der Waals surface area contributed by atoms with Crippen molar-refractivity contribution in [2.45, 2.75) is 12.8 Å². The van der Waals surface area contributed by atoms with Crippen LogP contribution < -0.4 is 5.43 Å². The molecule has 2 heterocycles. The van der Waals surface area contributed by atoms with Crippen molar-refractivity contribution in [1.29, 1.82) is 0 Å². The van der Waals surface area contributed by atoms with E-state index in [1.807, 2.05) is 5.01 Å². The normalized spacial score (nSPS) is 18.8. The molecule has 1 aromatic carbocycles. The van der Waals surface area contributed by atoms with Crippen molar-refractivity contribution in [3.8, 4) is 0 Å². The van der Waals surface area contributed by atoms with Crippen molar-refractivity contribution >= 4 is 17.7 Å². The number of carbonyl (C=O) groups is 3. The van der Waals surface area contributed by atoms with Gasteiger partial charge in [-0.15, -0.1) is 0 Å². The summed E-state index contributed by atoms with van der Waals surface area (Å²) in [5.41, 5.74) is 3.78. The number of hydrogen-bond acceptors (Lipinski definition) is 5. The van der Waals surface area contributed by atoms with E-state index in [0.717, 1.165) is 26.2 Å². The predicted molar refractivity (Wildman–Crippen MR) is 88.3 cm³/mol. The highest BCUT2D eigenvalue weighted by Crippen LogP contribution is 2.22. The number of nitrogens with zero attached hydrogens (tertiary/aromatic N) is 3. The molecular formula is C17H22N4O3. The highest BCUT2D eigenvalue weighted by atomic mass is 16.2. The SMILES string of the molecule is CN1CCN(NC(=O)CCCN2C(=O)c3ccccc3C2=O)CC1. The number of likely N-dealkylation sites (N-methyl/N-ethyl adjacent to an activating group) is 1. The Morgan fingerprint density at radius 3 is 2.21 bits per heavy atom. The molecule has 7 nitrogen and oxygen atoms in total. The third kappa shape index (κ3) is 3.47. The Bertz CT molecular complexity index is 618. The molecular weight excluding hydrogens is 308 g/mol. The van der Waals surface area contributed by atoms with Gasteiger partial charge in [-0.1, -0.05) is 12.1 Å². The lowest BCUT2D eigenvalue weighted by atomic mass is 10.1. The Morgan fingerprint density at radius 2 is 1.62 bits per heavy atom. The second-order valence-electron chi connectivity index (χ2n) is 6.24. The van der Waals surface area contributed by atoms with E-state index >= 15 is 0 Å². The standard InChI is InChI=1S/C17H22N4O3/c1-19-9-11-20(12-10-19)18-15(22)7-4-8-21-16(23)13-5-2-3-6-14(13)17(21)24/h2-3,5-6H,4,7-12H2,1H3,(H,18,22). The van der Waals surface area contributed by atoms with Crippen LogP contribution in [-0.4, -0.2) is 72.3 Å². The summed E-state index contributed by atoms with van der Waals surface area (Å²) in [6, 6.07) is 6.82. The van der Waals surface area contributed by atoms with E-state index in [1.54, 1.807) is 24.3 Å². The first-order valence-corrected chi connectivity index (χ1v) is 8.24. The number of benzene rings is 1. The fraction of sp³-hybridized carbons (Fsp3) is 0.471. The van der Waals surface area contributed by atoms with Crippen LogP contribution in [0, 0.1) is 0 Å². The maximum Gasteiger partial charge on any atom is 0.261 e. The number of hydrazine groups is 1. The first-order chi connectivity index (χ1) is 11.6. The Kier molecular flexibility index (Phi) is 4.92. The van der Waals surface area contributed by atoms with Crippen LogP contribution in [0.2, 0.25) is 0 Å². The Balaban J connectivity index is 1.45. The average molecular weight is 330 g/mol. The molecule has 0 bridgehead atoms. The first-order valence-electron chi connectivity index (χ1n) is 8.24. The second kappa shape index (κ2) is 7.11. The minimum atomic E-state index is -0.268. The van der Waals surface area contributed by atoms with Gasteiger partial charge in [-0.2, -0.15) is 0 Å². The molecule has 2 aliphatic heterocycles. The molecule has 0 atom stereocenters. The maximum atomic E-state index is 12.2. The number of imide groups is 1. The predicted octanol–water partition coefficient (Wildman–Crippen LogP) is 0.341. The Labute approximate surface area is 141 Å². The monoisotopic (exact) mass is 330 g/mol. The van der Waals surface area contributed by atoms with E-state index in [2.05, 4.69) is 17.4 Å². The largest absolute Gasteiger partial charge is 0.304 e. The molecule has 0 saturated carbocycles. The molecule has 1 fully saturated rings. The summed E-state index contributed by atoms with van der Waals surface area (Å²) >= 11 is 0. The van der Waals surface area contributed by atoms with Crippen molar-refractivity contribution in [1.82, 2.24) is 20.2 Å². The van der Waals surface area contributed by atoms with Crippen molar-refractivity contribution < 1.29 is 14.4 Å². The van der Waals surface area contributed by atoms with E-state index < -0.39 is 0 Å². The van der Waals surface area contributed by atoms with Crippen LogP contribution in [0.15, 0.2) is 24.3 Å². The molecule has 3 amide bonds. The van der Waals surface area contributed by atoms with Gasteiger partial charge in [0.15, 0.2) is 0 Å². The van der Waals surface area contributed by atoms with Crippen LogP contribution in [0.5, 0.6) is 0 Å². The minimum Gasteiger partial charge on any atom is -0.304 e. The number of hydrogen-bond donors (Lipinski definition) is 1. The average Bonchev–Trinajstić information content (AvgIpc) is 2.82. The summed E-state index contributed by atoms with van der Waals surface area (Å²) in [7, 11) is 2.06. The molecule has 1 aromatic rings. The topological polar surface area (TPSA) is 73.0 Å². The van der Waals surface area contributed by atoms with Crippen molar-refractivity contribution in [2.75, 3.05) is 39.8 Å². The van der Waals surface area contributed by atoms with Crippen molar-refractivity contribution in [2.24, 2.45) is 0 Å². The Morgan fingerprint density at radius 1 is 1.04 bits per heavy atom. The van der Waals surface area contributed by atoms with Gasteiger partial charge in [-0.05, 0) is 25.6 Å². The molecule has 1 saturated heterocycles. The molecule has 0 aromatic heterocycles. The van der Waals surface area contributed by atoms with Crippen LogP contribution in [0.1, 0.15) is 33.6 Å². The van der Waals surface area contributed by atoms with Crippen LogP contribution in [0.3, 0.4) is 0 Å². The lowest BCUT2D eigenvalue weighted by molar-refractivity contribution is -0.126. The third-order valence-electron chi connectivity index (χ3n) is 4.45. The van der Waals surface area contributed by atoms with E-state index in [1.165, 1.54) is 4.90 Å². The van der Waals surface area contributed by atoms with Gasteiger partial charge in [0.1, 0.15) is 0 Å². The molecule has 0 aliphatic carbocycles. The fourth-order valence-electron chi connectivity index (χ4n) is 2.99. The number of piperazine rings is 1. The molecule has 24 heavy (non-hydrogen) atoms. The Hall–Kier alpha value is -2.25. The van der Waals surface area contributed by atoms with Crippen LogP contribution in [0.25, 0.3) is 0 Å². The summed E-state index contributed by atoms with van der Waals surface area (Å²) in [5, 5.41) is 1.92. The highest BCUT2D eigenvalue weighted by molar-refractivity contribution is 6.21. The molecule has 1 N–H and O–H groups in total. The number of nitrogens with one attached hydrogen (secondary N) is 1. The van der Waals surface area contributed by atoms with Gasteiger partial charge in [-0.3, -0.25) is 24.7 Å². The number of amides is 3. The lowest BCUT2D eigenvalue weighted by Crippen LogP contribution is -2.52. The van der Waals surface area contributed by atoms with Crippen molar-refractivity contribution in [3.63, 3.8) is 0 Å². The number of carbonyl (C=O) groups excluding carboxylic acids is 3. The zero-order valence-corrected chi connectivity index (χ0v) is 13.8. The van der Waals surface area contributed by atoms with Crippen LogP contribution in [-0.2, 0) is 4.79 Å². The summed E-state index contributed by atoms with van der Waals surface area (Å²) < 4.78 is 0. The first kappa shape index (κ1) is 16.6. The smallest absolute Gasteiger partial charge is 0.261 e. The third-order valence-corrected chi connectivity index (χ3v) is 4.45. The minimum absolute atomic E-state index is 0.0730. The zero-order valence-electron chi connectivity index (χ0n) is 13.8. The summed E-state index contributed by atoms with van der Waals surface area (Å²) in [4.78, 5) is 39.9. The van der Waals surface area contributed by atoms with E-state index in [4.69, 9.17) is 0 Å². The molecule has 2 aliphatic rings. The van der Waals surface area contributed by atoms with Gasteiger partial charge in [0.2, 0.25) is 5.91 Å². The summed E-state index contributed by atoms with van der Waals surface area (Å²) in [5.74, 6) is -0.610. The fourth-order valence-corrected chi connectivity index (χ4v) is 2.99. The van der Waals surface area contributed by atoms with Gasteiger partial charge >= 0.3 is 0 Å². The molecule has 7 heteroatoms. The molecule has 0 unspecified atom stereocenters. The van der Waals surface area contributed by atoms with Crippen molar-refractivity contribution in [3.05, 3.63) is 35.4 Å². The molecule has 0 spiro atoms. The van der Waals surface area contributed by atoms with Gasteiger partial charge < -0.3 is 4.90 Å².